The van der Waals surface area contributed by atoms with Gasteiger partial charge >= 0.3 is 0 Å². The fourth-order valence-electron chi connectivity index (χ4n) is 1.49. The van der Waals surface area contributed by atoms with Gasteiger partial charge in [0, 0.05) is 6.54 Å². The summed E-state index contributed by atoms with van der Waals surface area (Å²) in [7, 11) is 0. The number of aryl methyl sites for hydroxylation is 1. The topological polar surface area (TPSA) is 61.6 Å². The molecule has 1 N–H and O–H groups in total. The van der Waals surface area contributed by atoms with Crippen molar-refractivity contribution in [2.45, 2.75) is 13.5 Å². The number of nitriles is 1. The molecule has 4 nitrogen and oxygen atoms in total. The zero-order valence-corrected chi connectivity index (χ0v) is 9.51. The monoisotopic (exact) mass is 224 g/mol. The highest BCUT2D eigenvalue weighted by Crippen LogP contribution is 2.08. The lowest BCUT2D eigenvalue weighted by molar-refractivity contribution is 0.988. The quantitative estimate of drug-likeness (QED) is 0.868. The van der Waals surface area contributed by atoms with Gasteiger partial charge in [-0.1, -0.05) is 12.1 Å². The van der Waals surface area contributed by atoms with E-state index >= 15 is 0 Å². The van der Waals surface area contributed by atoms with Crippen LogP contribution in [-0.2, 0) is 6.54 Å². The van der Waals surface area contributed by atoms with Gasteiger partial charge in [-0.05, 0) is 36.2 Å². The molecular formula is C13H12N4. The van der Waals surface area contributed by atoms with Crippen LogP contribution in [0.5, 0.6) is 0 Å². The fourth-order valence-corrected chi connectivity index (χ4v) is 1.49. The number of nitrogens with zero attached hydrogens (tertiary/aromatic N) is 3. The van der Waals surface area contributed by atoms with Gasteiger partial charge in [0.1, 0.15) is 5.82 Å². The van der Waals surface area contributed by atoms with Crippen LogP contribution in [-0.4, -0.2) is 10.2 Å². The van der Waals surface area contributed by atoms with Gasteiger partial charge < -0.3 is 5.32 Å². The highest BCUT2D eigenvalue weighted by Gasteiger charge is 1.97. The second-order valence-corrected chi connectivity index (χ2v) is 3.78. The molecule has 0 bridgehead atoms. The van der Waals surface area contributed by atoms with E-state index in [1.165, 1.54) is 0 Å². The predicted octanol–water partition coefficient (Wildman–Crippen LogP) is 2.27. The number of benzene rings is 1. The minimum atomic E-state index is 0.633. The Morgan fingerprint density at radius 2 is 2.24 bits per heavy atom. The number of anilines is 1. The van der Waals surface area contributed by atoms with Crippen molar-refractivity contribution in [3.8, 4) is 6.07 Å². The summed E-state index contributed by atoms with van der Waals surface area (Å²) in [5, 5.41) is 19.8. The highest BCUT2D eigenvalue weighted by molar-refractivity contribution is 5.38. The van der Waals surface area contributed by atoms with Crippen molar-refractivity contribution in [1.29, 1.82) is 5.26 Å². The number of hydrogen-bond donors (Lipinski definition) is 1. The Labute approximate surface area is 99.9 Å². The van der Waals surface area contributed by atoms with E-state index in [0.29, 0.717) is 12.1 Å². The van der Waals surface area contributed by atoms with Gasteiger partial charge in [-0.25, -0.2) is 0 Å². The van der Waals surface area contributed by atoms with E-state index in [4.69, 9.17) is 5.26 Å². The SMILES string of the molecule is Cc1cnnc(NCc2cccc(C#N)c2)c1. The molecule has 0 atom stereocenters. The lowest BCUT2D eigenvalue weighted by atomic mass is 10.1. The standard InChI is InChI=1S/C13H12N4/c1-10-5-13(17-16-8-10)15-9-12-4-2-3-11(6-12)7-14/h2-6,8H,9H2,1H3,(H,15,17). The molecule has 2 aromatic rings. The van der Waals surface area contributed by atoms with Crippen molar-refractivity contribution >= 4 is 5.82 Å². The molecular weight excluding hydrogens is 212 g/mol. The fraction of sp³-hybridized carbons (Fsp3) is 0.154. The van der Waals surface area contributed by atoms with Crippen LogP contribution in [0.15, 0.2) is 36.5 Å². The van der Waals surface area contributed by atoms with E-state index in [2.05, 4.69) is 21.6 Å². The minimum absolute atomic E-state index is 0.633. The average Bonchev–Trinajstić information content (AvgIpc) is 2.37. The first kappa shape index (κ1) is 11.1. The largest absolute Gasteiger partial charge is 0.364 e. The maximum absolute atomic E-state index is 8.79. The number of rotatable bonds is 3. The molecule has 0 unspecified atom stereocenters. The van der Waals surface area contributed by atoms with E-state index in [1.807, 2.05) is 31.2 Å². The van der Waals surface area contributed by atoms with E-state index in [-0.39, 0.29) is 0 Å². The molecule has 0 aliphatic rings. The molecule has 1 aromatic carbocycles. The molecule has 0 saturated heterocycles. The van der Waals surface area contributed by atoms with Crippen LogP contribution < -0.4 is 5.32 Å². The third kappa shape index (κ3) is 3.02. The highest BCUT2D eigenvalue weighted by atomic mass is 15.2. The van der Waals surface area contributed by atoms with Crippen LogP contribution in [0, 0.1) is 18.3 Å². The molecule has 4 heteroatoms. The van der Waals surface area contributed by atoms with Crippen molar-refractivity contribution in [3.05, 3.63) is 53.2 Å². The Balaban J connectivity index is 2.05. The number of aromatic nitrogens is 2. The molecule has 17 heavy (non-hydrogen) atoms. The van der Waals surface area contributed by atoms with Gasteiger partial charge in [-0.2, -0.15) is 10.4 Å². The number of nitrogens with one attached hydrogen (secondary N) is 1. The van der Waals surface area contributed by atoms with Crippen molar-refractivity contribution in [1.82, 2.24) is 10.2 Å². The van der Waals surface area contributed by atoms with Gasteiger partial charge in [0.15, 0.2) is 0 Å². The van der Waals surface area contributed by atoms with Gasteiger partial charge in [-0.3, -0.25) is 0 Å². The van der Waals surface area contributed by atoms with Gasteiger partial charge in [-0.15, -0.1) is 5.10 Å². The van der Waals surface area contributed by atoms with Crippen LogP contribution in [0.3, 0.4) is 0 Å². The van der Waals surface area contributed by atoms with Crippen LogP contribution >= 0.6 is 0 Å². The summed E-state index contributed by atoms with van der Waals surface area (Å²) in [6.45, 7) is 2.60. The summed E-state index contributed by atoms with van der Waals surface area (Å²) in [6, 6.07) is 11.5. The van der Waals surface area contributed by atoms with Crippen LogP contribution in [0.1, 0.15) is 16.7 Å². The first-order valence-corrected chi connectivity index (χ1v) is 5.30. The second-order valence-electron chi connectivity index (χ2n) is 3.78. The summed E-state index contributed by atoms with van der Waals surface area (Å²) in [4.78, 5) is 0. The summed E-state index contributed by atoms with van der Waals surface area (Å²) >= 11 is 0. The van der Waals surface area contributed by atoms with Gasteiger partial charge in [0.05, 0.1) is 17.8 Å². The van der Waals surface area contributed by atoms with Crippen molar-refractivity contribution in [3.63, 3.8) is 0 Å². The maximum Gasteiger partial charge on any atom is 0.149 e. The lowest BCUT2D eigenvalue weighted by Crippen LogP contribution is -2.02. The molecule has 0 aliphatic carbocycles. The lowest BCUT2D eigenvalue weighted by Gasteiger charge is -2.05. The first-order chi connectivity index (χ1) is 8.28. The number of hydrogen-bond acceptors (Lipinski definition) is 4. The third-order valence-corrected chi connectivity index (χ3v) is 2.32. The zero-order chi connectivity index (χ0) is 12.1. The first-order valence-electron chi connectivity index (χ1n) is 5.30. The summed E-state index contributed by atoms with van der Waals surface area (Å²) < 4.78 is 0. The second kappa shape index (κ2) is 5.08. The Morgan fingerprint density at radius 1 is 1.35 bits per heavy atom. The Morgan fingerprint density at radius 3 is 3.00 bits per heavy atom. The van der Waals surface area contributed by atoms with E-state index in [0.717, 1.165) is 16.9 Å². The van der Waals surface area contributed by atoms with Gasteiger partial charge in [0.2, 0.25) is 0 Å². The Hall–Kier alpha value is -2.41. The molecule has 0 spiro atoms. The maximum atomic E-state index is 8.79. The predicted molar refractivity (Wildman–Crippen MR) is 65.3 cm³/mol. The molecule has 0 aliphatic heterocycles. The van der Waals surface area contributed by atoms with Crippen molar-refractivity contribution < 1.29 is 0 Å². The zero-order valence-electron chi connectivity index (χ0n) is 9.51. The average molecular weight is 224 g/mol. The Kier molecular flexibility index (Phi) is 3.31. The third-order valence-electron chi connectivity index (χ3n) is 2.32. The molecule has 2 rings (SSSR count). The van der Waals surface area contributed by atoms with Crippen molar-refractivity contribution in [2.24, 2.45) is 0 Å². The van der Waals surface area contributed by atoms with Crippen molar-refractivity contribution in [2.75, 3.05) is 5.32 Å². The normalized spacial score (nSPS) is 9.65. The van der Waals surface area contributed by atoms with Crippen LogP contribution in [0.4, 0.5) is 5.82 Å². The molecule has 0 fully saturated rings. The molecule has 0 amide bonds. The molecule has 1 heterocycles. The molecule has 1 aromatic heterocycles. The molecule has 0 radical (unpaired) electrons. The summed E-state index contributed by atoms with van der Waals surface area (Å²) in [6.07, 6.45) is 1.71. The van der Waals surface area contributed by atoms with E-state index < -0.39 is 0 Å². The van der Waals surface area contributed by atoms with E-state index in [9.17, 15) is 0 Å². The van der Waals surface area contributed by atoms with Crippen LogP contribution in [0.2, 0.25) is 0 Å². The Bertz CT molecular complexity index is 557. The van der Waals surface area contributed by atoms with E-state index in [1.54, 1.807) is 12.3 Å². The molecule has 0 saturated carbocycles. The smallest absolute Gasteiger partial charge is 0.149 e. The summed E-state index contributed by atoms with van der Waals surface area (Å²) in [5.41, 5.74) is 2.78. The minimum Gasteiger partial charge on any atom is -0.364 e. The molecule has 84 valence electrons. The van der Waals surface area contributed by atoms with Crippen LogP contribution in [0.25, 0.3) is 0 Å². The van der Waals surface area contributed by atoms with Gasteiger partial charge in [0.25, 0.3) is 0 Å². The summed E-state index contributed by atoms with van der Waals surface area (Å²) in [5.74, 6) is 0.743.